The van der Waals surface area contributed by atoms with Crippen LogP contribution in [0.5, 0.6) is 0 Å². The third-order valence-corrected chi connectivity index (χ3v) is 3.87. The molecule has 0 spiro atoms. The second-order valence-electron chi connectivity index (χ2n) is 4.33. The molecule has 1 rings (SSSR count). The topological polar surface area (TPSA) is 75.5 Å². The molecular weight excluding hydrogens is 317 g/mol. The molecule has 0 aliphatic heterocycles. The van der Waals surface area contributed by atoms with Crippen LogP contribution in [0, 0.1) is 10.1 Å². The summed E-state index contributed by atoms with van der Waals surface area (Å²) in [6, 6.07) is 2.45. The van der Waals surface area contributed by atoms with E-state index in [1.54, 1.807) is 0 Å². The molecule has 0 aliphatic rings. The number of hydrogen-bond acceptors (Lipinski definition) is 4. The van der Waals surface area contributed by atoms with Gasteiger partial charge in [0.15, 0.2) is 0 Å². The summed E-state index contributed by atoms with van der Waals surface area (Å²) in [5.41, 5.74) is -0.256. The van der Waals surface area contributed by atoms with Crippen molar-refractivity contribution in [3.63, 3.8) is 0 Å². The molecule has 116 valence electrons. The lowest BCUT2D eigenvalue weighted by atomic mass is 10.2. The van der Waals surface area contributed by atoms with Crippen molar-refractivity contribution in [1.82, 2.24) is 10.2 Å². The average molecular weight is 334 g/mol. The highest BCUT2D eigenvalue weighted by atomic mass is 35.5. The second kappa shape index (κ2) is 8.17. The van der Waals surface area contributed by atoms with E-state index >= 15 is 0 Å². The molecule has 0 saturated carbocycles. The average Bonchev–Trinajstić information content (AvgIpc) is 2.45. The van der Waals surface area contributed by atoms with E-state index in [-0.39, 0.29) is 21.3 Å². The number of nitro benzene ring substituents is 1. The number of hydrogen-bond donors (Lipinski definition) is 1. The molecule has 0 unspecified atom stereocenters. The van der Waals surface area contributed by atoms with Gasteiger partial charge >= 0.3 is 0 Å². The van der Waals surface area contributed by atoms with Crippen molar-refractivity contribution in [2.75, 3.05) is 26.2 Å². The molecular formula is C13H17Cl2N3O3. The maximum atomic E-state index is 12.0. The lowest BCUT2D eigenvalue weighted by Gasteiger charge is -2.18. The molecule has 0 saturated heterocycles. The highest BCUT2D eigenvalue weighted by molar-refractivity contribution is 6.43. The zero-order chi connectivity index (χ0) is 16.0. The number of amides is 1. The van der Waals surface area contributed by atoms with Crippen LogP contribution >= 0.6 is 23.2 Å². The van der Waals surface area contributed by atoms with Gasteiger partial charge < -0.3 is 10.2 Å². The Kier molecular flexibility index (Phi) is 6.87. The Morgan fingerprint density at radius 2 is 1.95 bits per heavy atom. The molecule has 0 heterocycles. The monoisotopic (exact) mass is 333 g/mol. The van der Waals surface area contributed by atoms with Crippen LogP contribution in [0.4, 0.5) is 5.69 Å². The maximum absolute atomic E-state index is 12.0. The van der Waals surface area contributed by atoms with Gasteiger partial charge in [0.2, 0.25) is 0 Å². The molecule has 1 aromatic carbocycles. The van der Waals surface area contributed by atoms with Crippen molar-refractivity contribution < 1.29 is 9.72 Å². The number of likely N-dealkylation sites (N-methyl/N-ethyl adjacent to an activating group) is 1. The van der Waals surface area contributed by atoms with E-state index in [1.165, 1.54) is 6.07 Å². The van der Waals surface area contributed by atoms with Crippen LogP contribution in [0.25, 0.3) is 0 Å². The van der Waals surface area contributed by atoms with E-state index in [0.29, 0.717) is 13.1 Å². The quantitative estimate of drug-likeness (QED) is 0.614. The minimum absolute atomic E-state index is 0.0141. The van der Waals surface area contributed by atoms with Crippen LogP contribution in [-0.2, 0) is 0 Å². The smallest absolute Gasteiger partial charge is 0.290 e. The van der Waals surface area contributed by atoms with Crippen molar-refractivity contribution in [2.24, 2.45) is 0 Å². The lowest BCUT2D eigenvalue weighted by molar-refractivity contribution is -0.384. The predicted molar refractivity (Wildman–Crippen MR) is 83.2 cm³/mol. The van der Waals surface area contributed by atoms with Gasteiger partial charge in [0.1, 0.15) is 5.02 Å². The minimum Gasteiger partial charge on any atom is -0.351 e. The fraction of sp³-hybridized carbons (Fsp3) is 0.462. The molecule has 8 heteroatoms. The third-order valence-electron chi connectivity index (χ3n) is 3.08. The van der Waals surface area contributed by atoms with E-state index in [2.05, 4.69) is 10.2 Å². The number of halogens is 2. The van der Waals surface area contributed by atoms with Crippen LogP contribution in [0.15, 0.2) is 12.1 Å². The Bertz CT molecular complexity index is 534. The molecule has 1 N–H and O–H groups in total. The van der Waals surface area contributed by atoms with Crippen LogP contribution in [-0.4, -0.2) is 41.9 Å². The van der Waals surface area contributed by atoms with Crippen LogP contribution < -0.4 is 5.32 Å². The Balaban J connectivity index is 2.77. The number of carbonyl (C=O) groups is 1. The van der Waals surface area contributed by atoms with Crippen LogP contribution in [0.1, 0.15) is 24.2 Å². The summed E-state index contributed by atoms with van der Waals surface area (Å²) in [5.74, 6) is -0.413. The predicted octanol–water partition coefficient (Wildman–Crippen LogP) is 2.97. The van der Waals surface area contributed by atoms with E-state index in [0.717, 1.165) is 19.2 Å². The van der Waals surface area contributed by atoms with Crippen LogP contribution in [0.2, 0.25) is 10.0 Å². The minimum atomic E-state index is -0.666. The summed E-state index contributed by atoms with van der Waals surface area (Å²) in [6.07, 6.45) is 0. The maximum Gasteiger partial charge on any atom is 0.290 e. The van der Waals surface area contributed by atoms with E-state index < -0.39 is 10.8 Å². The van der Waals surface area contributed by atoms with Crippen molar-refractivity contribution in [3.05, 3.63) is 37.9 Å². The highest BCUT2D eigenvalue weighted by Gasteiger charge is 2.20. The fourth-order valence-electron chi connectivity index (χ4n) is 1.81. The van der Waals surface area contributed by atoms with Gasteiger partial charge in [-0.15, -0.1) is 0 Å². The molecule has 0 aliphatic carbocycles. The first kappa shape index (κ1) is 17.7. The second-order valence-corrected chi connectivity index (χ2v) is 5.12. The standard InChI is InChI=1S/C13H17Cl2N3O3/c1-3-17(4-2)6-5-16-13(19)9-7-10(14)12(15)11(8-9)18(20)21/h7-8H,3-6H2,1-2H3,(H,16,19). The SMILES string of the molecule is CCN(CC)CCNC(=O)c1cc(Cl)c(Cl)c([N+](=O)[O-])c1. The number of nitro groups is 1. The number of carbonyl (C=O) groups excluding carboxylic acids is 1. The molecule has 1 aromatic rings. The van der Waals surface area contributed by atoms with Gasteiger partial charge in [0.05, 0.1) is 9.95 Å². The molecule has 0 atom stereocenters. The first-order valence-electron chi connectivity index (χ1n) is 6.54. The first-order valence-corrected chi connectivity index (χ1v) is 7.30. The zero-order valence-corrected chi connectivity index (χ0v) is 13.4. The lowest BCUT2D eigenvalue weighted by Crippen LogP contribution is -2.34. The van der Waals surface area contributed by atoms with Crippen molar-refractivity contribution >= 4 is 34.8 Å². The summed E-state index contributed by atoms with van der Waals surface area (Å²) in [6.45, 7) is 7.02. The van der Waals surface area contributed by atoms with Crippen molar-refractivity contribution in [3.8, 4) is 0 Å². The highest BCUT2D eigenvalue weighted by Crippen LogP contribution is 2.32. The summed E-state index contributed by atoms with van der Waals surface area (Å²) in [7, 11) is 0. The van der Waals surface area contributed by atoms with E-state index in [1.807, 2.05) is 13.8 Å². The fourth-order valence-corrected chi connectivity index (χ4v) is 2.20. The molecule has 1 amide bonds. The van der Waals surface area contributed by atoms with Gasteiger partial charge in [-0.3, -0.25) is 14.9 Å². The molecule has 0 bridgehead atoms. The van der Waals surface area contributed by atoms with Crippen molar-refractivity contribution in [1.29, 1.82) is 0 Å². The van der Waals surface area contributed by atoms with Crippen molar-refractivity contribution in [2.45, 2.75) is 13.8 Å². The normalized spacial score (nSPS) is 10.7. The third kappa shape index (κ3) is 4.84. The van der Waals surface area contributed by atoms with Crippen LogP contribution in [0.3, 0.4) is 0 Å². The number of nitrogens with one attached hydrogen (secondary N) is 1. The van der Waals surface area contributed by atoms with E-state index in [9.17, 15) is 14.9 Å². The van der Waals surface area contributed by atoms with Gasteiger partial charge in [0.25, 0.3) is 11.6 Å². The van der Waals surface area contributed by atoms with Gasteiger partial charge in [-0.2, -0.15) is 0 Å². The number of nitrogens with zero attached hydrogens (tertiary/aromatic N) is 2. The molecule has 21 heavy (non-hydrogen) atoms. The summed E-state index contributed by atoms with van der Waals surface area (Å²) >= 11 is 11.5. The van der Waals surface area contributed by atoms with E-state index in [4.69, 9.17) is 23.2 Å². The number of benzene rings is 1. The summed E-state index contributed by atoms with van der Waals surface area (Å²) in [5, 5.41) is 13.4. The zero-order valence-electron chi connectivity index (χ0n) is 11.9. The summed E-state index contributed by atoms with van der Waals surface area (Å²) in [4.78, 5) is 24.3. The molecule has 0 aromatic heterocycles. The van der Waals surface area contributed by atoms with Gasteiger partial charge in [-0.25, -0.2) is 0 Å². The Morgan fingerprint density at radius 3 is 2.48 bits per heavy atom. The first-order chi connectivity index (χ1) is 9.90. The van der Waals surface area contributed by atoms with Gasteiger partial charge in [-0.05, 0) is 19.2 Å². The molecule has 6 nitrogen and oxygen atoms in total. The Hall–Kier alpha value is -1.37. The molecule has 0 fully saturated rings. The van der Waals surface area contributed by atoms with Gasteiger partial charge in [-0.1, -0.05) is 37.0 Å². The van der Waals surface area contributed by atoms with Gasteiger partial charge in [0, 0.05) is 24.7 Å². The Morgan fingerprint density at radius 1 is 1.33 bits per heavy atom. The Labute approximate surface area is 133 Å². The summed E-state index contributed by atoms with van der Waals surface area (Å²) < 4.78 is 0. The molecule has 0 radical (unpaired) electrons. The number of rotatable bonds is 7. The largest absolute Gasteiger partial charge is 0.351 e.